The molecule has 116 valence electrons. The molecule has 0 saturated carbocycles. The highest BCUT2D eigenvalue weighted by Crippen LogP contribution is 2.26. The number of rotatable bonds is 6. The second-order valence-electron chi connectivity index (χ2n) is 5.32. The lowest BCUT2D eigenvalue weighted by atomic mass is 10.0. The lowest BCUT2D eigenvalue weighted by Crippen LogP contribution is -2.08. The van der Waals surface area contributed by atoms with Crippen LogP contribution in [0.3, 0.4) is 0 Å². The Bertz CT molecular complexity index is 600. The molecule has 1 atom stereocenters. The minimum absolute atomic E-state index is 0.0144. The van der Waals surface area contributed by atoms with Crippen molar-refractivity contribution in [3.05, 3.63) is 65.2 Å². The van der Waals surface area contributed by atoms with Crippen LogP contribution in [0.5, 0.6) is 5.75 Å². The highest BCUT2D eigenvalue weighted by atomic mass is 16.5. The van der Waals surface area contributed by atoms with Gasteiger partial charge in [-0.05, 0) is 43.2 Å². The quantitative estimate of drug-likeness (QED) is 0.725. The minimum Gasteiger partial charge on any atom is -0.486 e. The van der Waals surface area contributed by atoms with Gasteiger partial charge in [-0.1, -0.05) is 43.2 Å². The lowest BCUT2D eigenvalue weighted by Gasteiger charge is -2.19. The van der Waals surface area contributed by atoms with Crippen molar-refractivity contribution in [3.8, 4) is 5.75 Å². The van der Waals surface area contributed by atoms with Gasteiger partial charge in [-0.2, -0.15) is 0 Å². The van der Waals surface area contributed by atoms with Crippen molar-refractivity contribution < 1.29 is 14.3 Å². The van der Waals surface area contributed by atoms with Crippen LogP contribution in [0, 0.1) is 6.92 Å². The summed E-state index contributed by atoms with van der Waals surface area (Å²) < 4.78 is 10.8. The Balaban J connectivity index is 2.16. The molecule has 0 fully saturated rings. The van der Waals surface area contributed by atoms with Crippen molar-refractivity contribution in [1.82, 2.24) is 0 Å². The number of ether oxygens (including phenoxy) is 2. The van der Waals surface area contributed by atoms with Crippen LogP contribution in [0.2, 0.25) is 0 Å². The standard InChI is InChI=1S/C19H22O3/c1-4-5-18(22-17-12-6-14(2)7-13-17)15-8-10-16(11-9-15)19(20)21-3/h6-13,18H,4-5H2,1-3H3. The summed E-state index contributed by atoms with van der Waals surface area (Å²) in [5.41, 5.74) is 2.83. The van der Waals surface area contributed by atoms with Gasteiger partial charge in [-0.25, -0.2) is 4.79 Å². The molecule has 2 rings (SSSR count). The van der Waals surface area contributed by atoms with Crippen molar-refractivity contribution in [2.45, 2.75) is 32.8 Å². The highest BCUT2D eigenvalue weighted by molar-refractivity contribution is 5.89. The van der Waals surface area contributed by atoms with Gasteiger partial charge in [0, 0.05) is 0 Å². The van der Waals surface area contributed by atoms with Gasteiger partial charge in [0.25, 0.3) is 0 Å². The van der Waals surface area contributed by atoms with Crippen LogP contribution in [0.4, 0.5) is 0 Å². The van der Waals surface area contributed by atoms with Crippen molar-refractivity contribution in [2.75, 3.05) is 7.11 Å². The summed E-state index contributed by atoms with van der Waals surface area (Å²) in [5.74, 6) is 0.541. The van der Waals surface area contributed by atoms with E-state index < -0.39 is 0 Å². The monoisotopic (exact) mass is 298 g/mol. The molecule has 0 amide bonds. The summed E-state index contributed by atoms with van der Waals surface area (Å²) in [7, 11) is 1.39. The van der Waals surface area contributed by atoms with Crippen LogP contribution in [0.25, 0.3) is 0 Å². The Morgan fingerprint density at radius 3 is 2.23 bits per heavy atom. The number of hydrogen-bond acceptors (Lipinski definition) is 3. The number of esters is 1. The zero-order chi connectivity index (χ0) is 15.9. The van der Waals surface area contributed by atoms with Crippen molar-refractivity contribution in [1.29, 1.82) is 0 Å². The SMILES string of the molecule is CCCC(Oc1ccc(C)cc1)c1ccc(C(=O)OC)cc1. The number of carbonyl (C=O) groups is 1. The number of methoxy groups -OCH3 is 1. The number of hydrogen-bond donors (Lipinski definition) is 0. The van der Waals surface area contributed by atoms with Crippen LogP contribution in [-0.2, 0) is 4.74 Å². The third-order valence-corrected chi connectivity index (χ3v) is 3.55. The van der Waals surface area contributed by atoms with E-state index in [1.807, 2.05) is 36.4 Å². The smallest absolute Gasteiger partial charge is 0.337 e. The van der Waals surface area contributed by atoms with Gasteiger partial charge in [0.2, 0.25) is 0 Å². The van der Waals surface area contributed by atoms with Crippen LogP contribution >= 0.6 is 0 Å². The molecule has 1 unspecified atom stereocenters. The Labute approximate surface area is 131 Å². The van der Waals surface area contributed by atoms with E-state index in [9.17, 15) is 4.79 Å². The minimum atomic E-state index is -0.321. The summed E-state index contributed by atoms with van der Waals surface area (Å²) >= 11 is 0. The summed E-state index contributed by atoms with van der Waals surface area (Å²) in [6, 6.07) is 15.5. The molecule has 2 aromatic carbocycles. The Hall–Kier alpha value is -2.29. The summed E-state index contributed by atoms with van der Waals surface area (Å²) in [6.45, 7) is 4.19. The van der Waals surface area contributed by atoms with Crippen LogP contribution in [0.1, 0.15) is 47.4 Å². The molecule has 0 aliphatic rings. The normalized spacial score (nSPS) is 11.8. The molecule has 0 aromatic heterocycles. The van der Waals surface area contributed by atoms with E-state index in [-0.39, 0.29) is 12.1 Å². The molecule has 3 nitrogen and oxygen atoms in total. The second-order valence-corrected chi connectivity index (χ2v) is 5.32. The number of aryl methyl sites for hydroxylation is 1. The molecule has 0 spiro atoms. The Kier molecular flexibility index (Phi) is 5.59. The summed E-state index contributed by atoms with van der Waals surface area (Å²) in [4.78, 5) is 11.5. The molecule has 0 heterocycles. The average Bonchev–Trinajstić information content (AvgIpc) is 2.56. The molecule has 0 aliphatic heterocycles. The first kappa shape index (κ1) is 16.1. The summed E-state index contributed by atoms with van der Waals surface area (Å²) in [5, 5.41) is 0. The fourth-order valence-electron chi connectivity index (χ4n) is 2.29. The molecule has 2 aromatic rings. The molecular formula is C19H22O3. The molecule has 3 heteroatoms. The zero-order valence-electron chi connectivity index (χ0n) is 13.3. The van der Waals surface area contributed by atoms with E-state index in [2.05, 4.69) is 13.8 Å². The summed E-state index contributed by atoms with van der Waals surface area (Å²) in [6.07, 6.45) is 1.93. The molecule has 0 bridgehead atoms. The molecule has 22 heavy (non-hydrogen) atoms. The van der Waals surface area contributed by atoms with Crippen LogP contribution in [0.15, 0.2) is 48.5 Å². The third-order valence-electron chi connectivity index (χ3n) is 3.55. The molecule has 0 aliphatic carbocycles. The van der Waals surface area contributed by atoms with Gasteiger partial charge in [0.05, 0.1) is 12.7 Å². The predicted octanol–water partition coefficient (Wildman–Crippen LogP) is 4.70. The number of benzene rings is 2. The molecular weight excluding hydrogens is 276 g/mol. The van der Waals surface area contributed by atoms with Gasteiger partial charge in [-0.3, -0.25) is 0 Å². The van der Waals surface area contributed by atoms with Gasteiger partial charge in [0.15, 0.2) is 0 Å². The largest absolute Gasteiger partial charge is 0.486 e. The van der Waals surface area contributed by atoms with E-state index in [1.54, 1.807) is 12.1 Å². The maximum absolute atomic E-state index is 11.5. The van der Waals surface area contributed by atoms with Gasteiger partial charge >= 0.3 is 5.97 Å². The molecule has 0 radical (unpaired) electrons. The van der Waals surface area contributed by atoms with Crippen molar-refractivity contribution >= 4 is 5.97 Å². The first-order valence-corrected chi connectivity index (χ1v) is 7.55. The fourth-order valence-corrected chi connectivity index (χ4v) is 2.29. The van der Waals surface area contributed by atoms with Crippen molar-refractivity contribution in [2.24, 2.45) is 0 Å². The molecule has 0 saturated heterocycles. The predicted molar refractivity (Wildman–Crippen MR) is 87.2 cm³/mol. The van der Waals surface area contributed by atoms with E-state index in [0.717, 1.165) is 24.2 Å². The molecule has 0 N–H and O–H groups in total. The maximum atomic E-state index is 11.5. The van der Waals surface area contributed by atoms with E-state index >= 15 is 0 Å². The van der Waals surface area contributed by atoms with Gasteiger partial charge < -0.3 is 9.47 Å². The highest BCUT2D eigenvalue weighted by Gasteiger charge is 2.14. The van der Waals surface area contributed by atoms with Gasteiger partial charge in [-0.15, -0.1) is 0 Å². The van der Waals surface area contributed by atoms with Crippen LogP contribution in [-0.4, -0.2) is 13.1 Å². The second kappa shape index (κ2) is 7.64. The first-order chi connectivity index (χ1) is 10.6. The van der Waals surface area contributed by atoms with Crippen molar-refractivity contribution in [3.63, 3.8) is 0 Å². The van der Waals surface area contributed by atoms with E-state index in [4.69, 9.17) is 9.47 Å². The van der Waals surface area contributed by atoms with Gasteiger partial charge in [0.1, 0.15) is 11.9 Å². The number of carbonyl (C=O) groups excluding carboxylic acids is 1. The fraction of sp³-hybridized carbons (Fsp3) is 0.316. The van der Waals surface area contributed by atoms with E-state index in [1.165, 1.54) is 12.7 Å². The first-order valence-electron chi connectivity index (χ1n) is 7.55. The van der Waals surface area contributed by atoms with Crippen LogP contribution < -0.4 is 4.74 Å². The van der Waals surface area contributed by atoms with E-state index in [0.29, 0.717) is 5.56 Å². The average molecular weight is 298 g/mol. The zero-order valence-corrected chi connectivity index (χ0v) is 13.3. The Morgan fingerprint density at radius 1 is 1.05 bits per heavy atom. The lowest BCUT2D eigenvalue weighted by molar-refractivity contribution is 0.0600. The Morgan fingerprint density at radius 2 is 1.68 bits per heavy atom. The maximum Gasteiger partial charge on any atom is 0.337 e. The third kappa shape index (κ3) is 4.10. The topological polar surface area (TPSA) is 35.5 Å².